The Balaban J connectivity index is 1.71. The number of ether oxygens (including phenoxy) is 4. The van der Waals surface area contributed by atoms with Gasteiger partial charge >= 0.3 is 6.03 Å². The molecule has 1 fully saturated rings. The van der Waals surface area contributed by atoms with Crippen LogP contribution in [0.25, 0.3) is 0 Å². The van der Waals surface area contributed by atoms with Gasteiger partial charge in [-0.25, -0.2) is 4.79 Å². The maximum absolute atomic E-state index is 12.4. The SMILES string of the molecule is COc1cc(C(=O)NCCOCCOCCOCCN)ccc1N1CCC(=O)NC1=O. The molecule has 172 valence electrons. The molecular weight excluding hydrogens is 408 g/mol. The van der Waals surface area contributed by atoms with Crippen LogP contribution >= 0.6 is 0 Å². The number of carbonyl (C=O) groups is 3. The van der Waals surface area contributed by atoms with Crippen LogP contribution in [0.2, 0.25) is 0 Å². The molecule has 11 nitrogen and oxygen atoms in total. The molecule has 1 aliphatic rings. The molecule has 1 aromatic rings. The molecule has 0 radical (unpaired) electrons. The molecule has 0 aliphatic carbocycles. The number of anilines is 1. The van der Waals surface area contributed by atoms with E-state index in [9.17, 15) is 14.4 Å². The Hall–Kier alpha value is -2.73. The van der Waals surface area contributed by atoms with Crippen LogP contribution in [0.1, 0.15) is 16.8 Å². The largest absolute Gasteiger partial charge is 0.495 e. The van der Waals surface area contributed by atoms with Crippen molar-refractivity contribution in [3.63, 3.8) is 0 Å². The van der Waals surface area contributed by atoms with E-state index in [0.29, 0.717) is 69.7 Å². The molecule has 1 aliphatic heterocycles. The van der Waals surface area contributed by atoms with Crippen molar-refractivity contribution in [1.82, 2.24) is 10.6 Å². The Morgan fingerprint density at radius 2 is 1.77 bits per heavy atom. The third-order valence-corrected chi connectivity index (χ3v) is 4.32. The molecule has 11 heteroatoms. The van der Waals surface area contributed by atoms with E-state index < -0.39 is 6.03 Å². The van der Waals surface area contributed by atoms with Crippen molar-refractivity contribution >= 4 is 23.5 Å². The van der Waals surface area contributed by atoms with Crippen LogP contribution in [0.5, 0.6) is 5.75 Å². The van der Waals surface area contributed by atoms with Gasteiger partial charge in [0, 0.05) is 31.6 Å². The molecule has 0 bridgehead atoms. The van der Waals surface area contributed by atoms with Gasteiger partial charge in [-0.15, -0.1) is 0 Å². The molecule has 31 heavy (non-hydrogen) atoms. The van der Waals surface area contributed by atoms with Crippen LogP contribution in [0, 0.1) is 0 Å². The van der Waals surface area contributed by atoms with Gasteiger partial charge in [0.15, 0.2) is 0 Å². The fourth-order valence-electron chi connectivity index (χ4n) is 2.80. The first-order valence-corrected chi connectivity index (χ1v) is 10.1. The number of imide groups is 1. The number of carbonyl (C=O) groups excluding carboxylic acids is 3. The number of nitrogens with zero attached hydrogens (tertiary/aromatic N) is 1. The number of methoxy groups -OCH3 is 1. The van der Waals surface area contributed by atoms with Gasteiger partial charge in [-0.2, -0.15) is 0 Å². The second-order valence-corrected chi connectivity index (χ2v) is 6.52. The smallest absolute Gasteiger partial charge is 0.328 e. The highest BCUT2D eigenvalue weighted by molar-refractivity contribution is 6.06. The number of nitrogens with one attached hydrogen (secondary N) is 2. The van der Waals surface area contributed by atoms with E-state index in [-0.39, 0.29) is 24.8 Å². The van der Waals surface area contributed by atoms with Crippen molar-refractivity contribution < 1.29 is 33.3 Å². The molecule has 0 unspecified atom stereocenters. The highest BCUT2D eigenvalue weighted by Crippen LogP contribution is 2.30. The lowest BCUT2D eigenvalue weighted by molar-refractivity contribution is -0.120. The van der Waals surface area contributed by atoms with Crippen LogP contribution < -0.4 is 26.0 Å². The molecule has 1 saturated heterocycles. The lowest BCUT2D eigenvalue weighted by atomic mass is 10.1. The topological polar surface area (TPSA) is 141 Å². The van der Waals surface area contributed by atoms with Crippen molar-refractivity contribution in [2.24, 2.45) is 5.73 Å². The number of urea groups is 1. The Bertz CT molecular complexity index is 744. The normalized spacial score (nSPS) is 13.8. The third-order valence-electron chi connectivity index (χ3n) is 4.32. The van der Waals surface area contributed by atoms with Crippen LogP contribution in [-0.4, -0.2) is 84.2 Å². The molecule has 1 heterocycles. The number of hydrogen-bond donors (Lipinski definition) is 3. The molecule has 4 amide bonds. The summed E-state index contributed by atoms with van der Waals surface area (Å²) in [6.45, 7) is 3.75. The average molecular weight is 438 g/mol. The Labute approximate surface area is 181 Å². The molecule has 2 rings (SSSR count). The monoisotopic (exact) mass is 438 g/mol. The lowest BCUT2D eigenvalue weighted by Crippen LogP contribution is -2.49. The van der Waals surface area contributed by atoms with Gasteiger partial charge in [0.2, 0.25) is 5.91 Å². The minimum atomic E-state index is -0.518. The van der Waals surface area contributed by atoms with Gasteiger partial charge in [-0.1, -0.05) is 0 Å². The average Bonchev–Trinajstić information content (AvgIpc) is 2.77. The fourth-order valence-corrected chi connectivity index (χ4v) is 2.80. The third kappa shape index (κ3) is 8.13. The van der Waals surface area contributed by atoms with Crippen molar-refractivity contribution in [2.75, 3.05) is 71.3 Å². The van der Waals surface area contributed by atoms with Gasteiger partial charge in [-0.05, 0) is 18.2 Å². The molecule has 1 aromatic carbocycles. The lowest BCUT2D eigenvalue weighted by Gasteiger charge is -2.28. The van der Waals surface area contributed by atoms with Crippen molar-refractivity contribution in [1.29, 1.82) is 0 Å². The standard InChI is InChI=1S/C20H30N4O7/c1-28-17-14-15(2-3-16(17)24-7-4-18(25)23-20(24)27)19(26)22-6-9-30-11-13-31-12-10-29-8-5-21/h2-3,14H,4-13,21H2,1H3,(H,22,26)(H,23,25,27). The first-order chi connectivity index (χ1) is 15.1. The summed E-state index contributed by atoms with van der Waals surface area (Å²) in [6.07, 6.45) is 0.199. The number of rotatable bonds is 14. The zero-order valence-corrected chi connectivity index (χ0v) is 17.7. The van der Waals surface area contributed by atoms with E-state index >= 15 is 0 Å². The Morgan fingerprint density at radius 1 is 1.10 bits per heavy atom. The van der Waals surface area contributed by atoms with Gasteiger partial charge in [-0.3, -0.25) is 19.8 Å². The van der Waals surface area contributed by atoms with E-state index in [1.54, 1.807) is 18.2 Å². The van der Waals surface area contributed by atoms with E-state index in [0.717, 1.165) is 0 Å². The molecule has 0 spiro atoms. The van der Waals surface area contributed by atoms with Crippen molar-refractivity contribution in [2.45, 2.75) is 6.42 Å². The summed E-state index contributed by atoms with van der Waals surface area (Å²) in [4.78, 5) is 37.1. The summed E-state index contributed by atoms with van der Waals surface area (Å²) in [5, 5.41) is 5.02. The second-order valence-electron chi connectivity index (χ2n) is 6.52. The predicted molar refractivity (Wildman–Crippen MR) is 112 cm³/mol. The number of hydrogen-bond acceptors (Lipinski definition) is 8. The Kier molecular flexibility index (Phi) is 10.7. The van der Waals surface area contributed by atoms with Crippen LogP contribution in [0.15, 0.2) is 18.2 Å². The zero-order valence-electron chi connectivity index (χ0n) is 17.7. The second kappa shape index (κ2) is 13.5. The Morgan fingerprint density at radius 3 is 2.42 bits per heavy atom. The maximum Gasteiger partial charge on any atom is 0.328 e. The van der Waals surface area contributed by atoms with E-state index in [4.69, 9.17) is 24.7 Å². The van der Waals surface area contributed by atoms with Gasteiger partial charge in [0.25, 0.3) is 5.91 Å². The van der Waals surface area contributed by atoms with Crippen LogP contribution in [0.3, 0.4) is 0 Å². The van der Waals surface area contributed by atoms with Crippen molar-refractivity contribution in [3.05, 3.63) is 23.8 Å². The van der Waals surface area contributed by atoms with E-state index in [2.05, 4.69) is 10.6 Å². The van der Waals surface area contributed by atoms with Crippen LogP contribution in [-0.2, 0) is 19.0 Å². The van der Waals surface area contributed by atoms with E-state index in [1.165, 1.54) is 12.0 Å². The molecule has 4 N–H and O–H groups in total. The van der Waals surface area contributed by atoms with Crippen molar-refractivity contribution in [3.8, 4) is 5.75 Å². The maximum atomic E-state index is 12.4. The summed E-state index contributed by atoms with van der Waals surface area (Å²) in [6, 6.07) is 4.25. The summed E-state index contributed by atoms with van der Waals surface area (Å²) in [5.74, 6) is -0.248. The number of amides is 4. The minimum absolute atomic E-state index is 0.199. The molecule has 0 atom stereocenters. The highest BCUT2D eigenvalue weighted by atomic mass is 16.5. The first kappa shape index (κ1) is 24.5. The number of nitrogens with two attached hydrogens (primary N) is 1. The minimum Gasteiger partial charge on any atom is -0.495 e. The molecule has 0 saturated carbocycles. The zero-order chi connectivity index (χ0) is 22.5. The summed E-state index contributed by atoms with van der Waals surface area (Å²) >= 11 is 0. The summed E-state index contributed by atoms with van der Waals surface area (Å²) < 4.78 is 21.3. The predicted octanol–water partition coefficient (Wildman–Crippen LogP) is -0.120. The van der Waals surface area contributed by atoms with E-state index in [1.807, 2.05) is 0 Å². The molecular formula is C20H30N4O7. The highest BCUT2D eigenvalue weighted by Gasteiger charge is 2.26. The fraction of sp³-hybridized carbons (Fsp3) is 0.550. The summed E-state index contributed by atoms with van der Waals surface area (Å²) in [5.41, 5.74) is 6.18. The van der Waals surface area contributed by atoms with Gasteiger partial charge in [0.05, 0.1) is 52.4 Å². The number of benzene rings is 1. The first-order valence-electron chi connectivity index (χ1n) is 10.1. The molecule has 0 aromatic heterocycles. The van der Waals surface area contributed by atoms with Gasteiger partial charge < -0.3 is 30.0 Å². The van der Waals surface area contributed by atoms with Gasteiger partial charge in [0.1, 0.15) is 5.75 Å². The van der Waals surface area contributed by atoms with Crippen LogP contribution in [0.4, 0.5) is 10.5 Å². The summed E-state index contributed by atoms with van der Waals surface area (Å²) in [7, 11) is 1.45. The quantitative estimate of drug-likeness (QED) is 0.341.